The molecule has 0 unspecified atom stereocenters. The van der Waals surface area contributed by atoms with Crippen molar-refractivity contribution in [3.8, 4) is 5.75 Å². The zero-order chi connectivity index (χ0) is 15.1. The fourth-order valence-electron chi connectivity index (χ4n) is 2.85. The van der Waals surface area contributed by atoms with Crippen LogP contribution in [0.3, 0.4) is 0 Å². The van der Waals surface area contributed by atoms with Crippen LogP contribution in [0.25, 0.3) is 0 Å². The summed E-state index contributed by atoms with van der Waals surface area (Å²) in [5, 5.41) is 0. The standard InChI is InChI=1S/C18H26O3/c1-3-4-5-6-7-17-18(19)15(13-21-17)12-14-8-10-16(20-2)11-9-14/h8-11,15,17H,3-7,12-13H2,1-2H3/t15-,17-/m1/s1. The lowest BCUT2D eigenvalue weighted by atomic mass is 9.94. The minimum absolute atomic E-state index is 0.0228. The van der Waals surface area contributed by atoms with Gasteiger partial charge in [-0.1, -0.05) is 44.7 Å². The molecule has 2 atom stereocenters. The van der Waals surface area contributed by atoms with Gasteiger partial charge in [0, 0.05) is 5.92 Å². The molecule has 1 saturated heterocycles. The fourth-order valence-corrected chi connectivity index (χ4v) is 2.85. The molecule has 116 valence electrons. The van der Waals surface area contributed by atoms with E-state index in [1.54, 1.807) is 7.11 Å². The van der Waals surface area contributed by atoms with Crippen LogP contribution in [0.5, 0.6) is 5.75 Å². The molecule has 0 aromatic heterocycles. The summed E-state index contributed by atoms with van der Waals surface area (Å²) in [7, 11) is 1.66. The monoisotopic (exact) mass is 290 g/mol. The van der Waals surface area contributed by atoms with Crippen molar-refractivity contribution in [3.05, 3.63) is 29.8 Å². The van der Waals surface area contributed by atoms with Gasteiger partial charge in [0.1, 0.15) is 11.9 Å². The van der Waals surface area contributed by atoms with Gasteiger partial charge in [-0.15, -0.1) is 0 Å². The minimum atomic E-state index is -0.162. The Morgan fingerprint density at radius 1 is 1.19 bits per heavy atom. The molecule has 1 fully saturated rings. The van der Waals surface area contributed by atoms with Gasteiger partial charge in [-0.05, 0) is 30.5 Å². The van der Waals surface area contributed by atoms with Crippen LogP contribution < -0.4 is 4.74 Å². The van der Waals surface area contributed by atoms with Crippen molar-refractivity contribution in [2.75, 3.05) is 13.7 Å². The SMILES string of the molecule is CCCCCC[C@H]1OC[C@@H](Cc2ccc(OC)cc2)C1=O. The lowest BCUT2D eigenvalue weighted by Gasteiger charge is -2.09. The Kier molecular flexibility index (Phi) is 6.24. The van der Waals surface area contributed by atoms with E-state index in [4.69, 9.17) is 9.47 Å². The van der Waals surface area contributed by atoms with E-state index in [9.17, 15) is 4.79 Å². The smallest absolute Gasteiger partial charge is 0.167 e. The van der Waals surface area contributed by atoms with Crippen LogP contribution >= 0.6 is 0 Å². The number of unbranched alkanes of at least 4 members (excludes halogenated alkanes) is 3. The van der Waals surface area contributed by atoms with Crippen molar-refractivity contribution in [2.45, 2.75) is 51.6 Å². The molecule has 0 bridgehead atoms. The molecule has 0 N–H and O–H groups in total. The molecule has 2 rings (SSSR count). The van der Waals surface area contributed by atoms with E-state index in [0.29, 0.717) is 12.4 Å². The van der Waals surface area contributed by atoms with Crippen molar-refractivity contribution in [1.82, 2.24) is 0 Å². The molecule has 3 nitrogen and oxygen atoms in total. The van der Waals surface area contributed by atoms with E-state index in [1.807, 2.05) is 24.3 Å². The highest BCUT2D eigenvalue weighted by atomic mass is 16.5. The summed E-state index contributed by atoms with van der Waals surface area (Å²) < 4.78 is 10.9. The molecule has 1 aliphatic rings. The Hall–Kier alpha value is -1.35. The highest BCUT2D eigenvalue weighted by Crippen LogP contribution is 2.24. The fraction of sp³-hybridized carbons (Fsp3) is 0.611. The van der Waals surface area contributed by atoms with E-state index < -0.39 is 0 Å². The van der Waals surface area contributed by atoms with Gasteiger partial charge in [-0.3, -0.25) is 4.79 Å². The molecule has 0 radical (unpaired) electrons. The maximum atomic E-state index is 12.3. The van der Waals surface area contributed by atoms with Crippen LogP contribution in [-0.2, 0) is 16.0 Å². The Bertz CT molecular complexity index is 438. The van der Waals surface area contributed by atoms with Gasteiger partial charge < -0.3 is 9.47 Å². The zero-order valence-corrected chi connectivity index (χ0v) is 13.1. The first kappa shape index (κ1) is 16.0. The van der Waals surface area contributed by atoms with Crippen LogP contribution in [0.2, 0.25) is 0 Å². The number of ketones is 1. The predicted octanol–water partition coefficient (Wildman–Crippen LogP) is 3.79. The number of carbonyl (C=O) groups is 1. The number of hydrogen-bond acceptors (Lipinski definition) is 3. The van der Waals surface area contributed by atoms with Crippen molar-refractivity contribution in [2.24, 2.45) is 5.92 Å². The van der Waals surface area contributed by atoms with Crippen LogP contribution in [0.15, 0.2) is 24.3 Å². The largest absolute Gasteiger partial charge is 0.497 e. The van der Waals surface area contributed by atoms with Crippen molar-refractivity contribution >= 4 is 5.78 Å². The first-order chi connectivity index (χ1) is 10.2. The molecule has 1 aliphatic heterocycles. The number of carbonyl (C=O) groups excluding carboxylic acids is 1. The Morgan fingerprint density at radius 2 is 1.95 bits per heavy atom. The van der Waals surface area contributed by atoms with Crippen molar-refractivity contribution < 1.29 is 14.3 Å². The van der Waals surface area contributed by atoms with Gasteiger partial charge in [-0.25, -0.2) is 0 Å². The second kappa shape index (κ2) is 8.18. The first-order valence-electron chi connectivity index (χ1n) is 8.02. The molecule has 0 aliphatic carbocycles. The highest BCUT2D eigenvalue weighted by molar-refractivity contribution is 5.87. The lowest BCUT2D eigenvalue weighted by Crippen LogP contribution is -2.21. The van der Waals surface area contributed by atoms with E-state index in [-0.39, 0.29) is 12.0 Å². The van der Waals surface area contributed by atoms with Gasteiger partial charge in [0.25, 0.3) is 0 Å². The summed E-state index contributed by atoms with van der Waals surface area (Å²) >= 11 is 0. The summed E-state index contributed by atoms with van der Waals surface area (Å²) in [4.78, 5) is 12.3. The van der Waals surface area contributed by atoms with Crippen LogP contribution in [0.4, 0.5) is 0 Å². The molecule has 21 heavy (non-hydrogen) atoms. The first-order valence-corrected chi connectivity index (χ1v) is 8.02. The van der Waals surface area contributed by atoms with E-state index in [1.165, 1.54) is 24.8 Å². The van der Waals surface area contributed by atoms with E-state index >= 15 is 0 Å². The number of benzene rings is 1. The zero-order valence-electron chi connectivity index (χ0n) is 13.1. The van der Waals surface area contributed by atoms with Crippen LogP contribution in [0.1, 0.15) is 44.6 Å². The third kappa shape index (κ3) is 4.57. The maximum absolute atomic E-state index is 12.3. The average molecular weight is 290 g/mol. The quantitative estimate of drug-likeness (QED) is 0.683. The number of hydrogen-bond donors (Lipinski definition) is 0. The Labute approximate surface area is 127 Å². The Balaban J connectivity index is 1.80. The van der Waals surface area contributed by atoms with E-state index in [2.05, 4.69) is 6.92 Å². The van der Waals surface area contributed by atoms with Gasteiger partial charge in [0.15, 0.2) is 5.78 Å². The lowest BCUT2D eigenvalue weighted by molar-refractivity contribution is -0.124. The Morgan fingerprint density at radius 3 is 2.62 bits per heavy atom. The molecule has 0 amide bonds. The average Bonchev–Trinajstić information content (AvgIpc) is 2.85. The molecular weight excluding hydrogens is 264 g/mol. The summed E-state index contributed by atoms with van der Waals surface area (Å²) in [5.74, 6) is 1.17. The molecule has 1 heterocycles. The van der Waals surface area contributed by atoms with E-state index in [0.717, 1.165) is 25.0 Å². The third-order valence-electron chi connectivity index (χ3n) is 4.18. The van der Waals surface area contributed by atoms with Crippen molar-refractivity contribution in [3.63, 3.8) is 0 Å². The third-order valence-corrected chi connectivity index (χ3v) is 4.18. The van der Waals surface area contributed by atoms with Crippen LogP contribution in [0, 0.1) is 5.92 Å². The normalized spacial score (nSPS) is 21.7. The molecule has 1 aromatic rings. The molecule has 3 heteroatoms. The second-order valence-electron chi connectivity index (χ2n) is 5.82. The predicted molar refractivity (Wildman–Crippen MR) is 83.7 cm³/mol. The molecule has 0 saturated carbocycles. The van der Waals surface area contributed by atoms with Gasteiger partial charge in [0.2, 0.25) is 0 Å². The summed E-state index contributed by atoms with van der Waals surface area (Å²) in [6.45, 7) is 2.77. The highest BCUT2D eigenvalue weighted by Gasteiger charge is 2.34. The summed E-state index contributed by atoms with van der Waals surface area (Å²) in [5.41, 5.74) is 1.17. The van der Waals surface area contributed by atoms with Crippen LogP contribution in [-0.4, -0.2) is 25.6 Å². The van der Waals surface area contributed by atoms with Gasteiger partial charge in [0.05, 0.1) is 13.7 Å². The second-order valence-corrected chi connectivity index (χ2v) is 5.82. The summed E-state index contributed by atoms with van der Waals surface area (Å²) in [6.07, 6.45) is 6.26. The number of ether oxygens (including phenoxy) is 2. The minimum Gasteiger partial charge on any atom is -0.497 e. The number of methoxy groups -OCH3 is 1. The van der Waals surface area contributed by atoms with Gasteiger partial charge in [-0.2, -0.15) is 0 Å². The molecule has 1 aromatic carbocycles. The number of rotatable bonds is 8. The number of Topliss-reactive ketones (excluding diaryl/α,β-unsaturated/α-hetero) is 1. The van der Waals surface area contributed by atoms with Crippen molar-refractivity contribution in [1.29, 1.82) is 0 Å². The maximum Gasteiger partial charge on any atom is 0.167 e. The summed E-state index contributed by atoms with van der Waals surface area (Å²) in [6, 6.07) is 7.94. The molecular formula is C18H26O3. The topological polar surface area (TPSA) is 35.5 Å². The van der Waals surface area contributed by atoms with Gasteiger partial charge >= 0.3 is 0 Å². The molecule has 0 spiro atoms.